The van der Waals surface area contributed by atoms with Crippen LogP contribution in [0, 0.1) is 0 Å². The van der Waals surface area contributed by atoms with E-state index in [1.165, 1.54) is 12.3 Å². The van der Waals surface area contributed by atoms with Gasteiger partial charge in [-0.15, -0.1) is 0 Å². The molecule has 0 saturated heterocycles. The highest BCUT2D eigenvalue weighted by molar-refractivity contribution is 5.44. The number of anilines is 1. The van der Waals surface area contributed by atoms with Gasteiger partial charge in [-0.25, -0.2) is 4.98 Å². The summed E-state index contributed by atoms with van der Waals surface area (Å²) >= 11 is 0. The Kier molecular flexibility index (Phi) is 5.21. The highest BCUT2D eigenvalue weighted by atomic mass is 35.5. The van der Waals surface area contributed by atoms with E-state index in [2.05, 4.69) is 15.0 Å². The molecule has 0 radical (unpaired) electrons. The summed E-state index contributed by atoms with van der Waals surface area (Å²) in [4.78, 5) is 3.63. The number of halogens is 4. The van der Waals surface area contributed by atoms with E-state index in [1.54, 1.807) is 13.1 Å². The largest absolute Gasteiger partial charge is 1.00 e. The van der Waals surface area contributed by atoms with Crippen molar-refractivity contribution in [1.82, 2.24) is 4.98 Å². The average Bonchev–Trinajstić information content (AvgIpc) is 2.14. The number of alkyl halides is 3. The number of nitrogens with zero attached hydrogens (tertiary/aromatic N) is 1. The SMILES string of the molecule is CNc1ccnc(OCC(F)(F)F)c1.[Cl-].[H+]. The van der Waals surface area contributed by atoms with Crippen LogP contribution in [0.4, 0.5) is 18.9 Å². The predicted molar refractivity (Wildman–Crippen MR) is 46.4 cm³/mol. The Morgan fingerprint density at radius 3 is 2.73 bits per heavy atom. The Morgan fingerprint density at radius 2 is 2.20 bits per heavy atom. The number of hydrogen-bond donors (Lipinski definition) is 1. The lowest BCUT2D eigenvalue weighted by atomic mass is 10.4. The van der Waals surface area contributed by atoms with E-state index in [1.807, 2.05) is 0 Å². The molecule has 0 aliphatic rings. The Labute approximate surface area is 92.5 Å². The summed E-state index contributed by atoms with van der Waals surface area (Å²) in [6.45, 7) is -1.33. The van der Waals surface area contributed by atoms with Crippen molar-refractivity contribution in [1.29, 1.82) is 0 Å². The van der Waals surface area contributed by atoms with Crippen LogP contribution in [0.3, 0.4) is 0 Å². The summed E-state index contributed by atoms with van der Waals surface area (Å²) in [5, 5.41) is 2.76. The van der Waals surface area contributed by atoms with Crippen molar-refractivity contribution in [3.63, 3.8) is 0 Å². The van der Waals surface area contributed by atoms with E-state index in [4.69, 9.17) is 0 Å². The second-order valence-electron chi connectivity index (χ2n) is 2.54. The maximum atomic E-state index is 11.8. The van der Waals surface area contributed by atoms with Crippen molar-refractivity contribution in [2.24, 2.45) is 0 Å². The zero-order chi connectivity index (χ0) is 10.6. The van der Waals surface area contributed by atoms with Gasteiger partial charge in [-0.2, -0.15) is 13.2 Å². The second kappa shape index (κ2) is 5.65. The van der Waals surface area contributed by atoms with Crippen molar-refractivity contribution in [2.45, 2.75) is 6.18 Å². The first-order valence-corrected chi connectivity index (χ1v) is 3.84. The minimum Gasteiger partial charge on any atom is -1.00 e. The van der Waals surface area contributed by atoms with Crippen LogP contribution in [0.2, 0.25) is 0 Å². The van der Waals surface area contributed by atoms with Gasteiger partial charge in [0.05, 0.1) is 0 Å². The van der Waals surface area contributed by atoms with Crippen molar-refractivity contribution in [3.05, 3.63) is 18.3 Å². The first-order valence-electron chi connectivity index (χ1n) is 3.84. The molecule has 1 heterocycles. The fourth-order valence-electron chi connectivity index (χ4n) is 0.800. The lowest BCUT2D eigenvalue weighted by Gasteiger charge is -2.08. The Morgan fingerprint density at radius 1 is 1.53 bits per heavy atom. The van der Waals surface area contributed by atoms with Gasteiger partial charge in [0.25, 0.3) is 0 Å². The second-order valence-corrected chi connectivity index (χ2v) is 2.54. The van der Waals surface area contributed by atoms with Gasteiger partial charge in [-0.05, 0) is 6.07 Å². The van der Waals surface area contributed by atoms with Gasteiger partial charge in [0.1, 0.15) is 0 Å². The normalized spacial score (nSPS) is 10.4. The third-order valence-electron chi connectivity index (χ3n) is 1.41. The summed E-state index contributed by atoms with van der Waals surface area (Å²) < 4.78 is 39.7. The highest BCUT2D eigenvalue weighted by Crippen LogP contribution is 2.18. The van der Waals surface area contributed by atoms with Crippen LogP contribution in [0.15, 0.2) is 18.3 Å². The van der Waals surface area contributed by atoms with Crippen molar-refractivity contribution in [3.8, 4) is 5.88 Å². The quantitative estimate of drug-likeness (QED) is 0.752. The number of nitrogens with one attached hydrogen (secondary N) is 1. The molecule has 3 nitrogen and oxygen atoms in total. The first kappa shape index (κ1) is 13.8. The fourth-order valence-corrected chi connectivity index (χ4v) is 0.800. The maximum Gasteiger partial charge on any atom is 1.00 e. The highest BCUT2D eigenvalue weighted by Gasteiger charge is 2.28. The first-order chi connectivity index (χ1) is 6.51. The molecule has 0 aromatic carbocycles. The summed E-state index contributed by atoms with van der Waals surface area (Å²) in [7, 11) is 1.66. The van der Waals surface area contributed by atoms with E-state index < -0.39 is 12.8 Å². The molecule has 0 atom stereocenters. The zero-order valence-corrected chi connectivity index (χ0v) is 8.56. The summed E-state index contributed by atoms with van der Waals surface area (Å²) in [5.74, 6) is -0.0471. The minimum atomic E-state index is -4.34. The van der Waals surface area contributed by atoms with Gasteiger partial charge < -0.3 is 22.5 Å². The van der Waals surface area contributed by atoms with Gasteiger partial charge in [0, 0.05) is 25.0 Å². The third-order valence-corrected chi connectivity index (χ3v) is 1.41. The van der Waals surface area contributed by atoms with Crippen LogP contribution in [0.5, 0.6) is 5.88 Å². The molecule has 0 bridgehead atoms. The van der Waals surface area contributed by atoms with Gasteiger partial charge in [-0.1, -0.05) is 0 Å². The van der Waals surface area contributed by atoms with Crippen LogP contribution in [0.1, 0.15) is 1.43 Å². The minimum absolute atomic E-state index is 0. The Bertz CT molecular complexity index is 312. The Hall–Kier alpha value is -1.17. The third kappa shape index (κ3) is 5.31. The van der Waals surface area contributed by atoms with E-state index in [9.17, 15) is 13.2 Å². The van der Waals surface area contributed by atoms with E-state index in [-0.39, 0.29) is 19.7 Å². The van der Waals surface area contributed by atoms with Crippen LogP contribution in [-0.4, -0.2) is 24.8 Å². The van der Waals surface area contributed by atoms with Crippen molar-refractivity contribution < 1.29 is 31.7 Å². The Balaban J connectivity index is 0. The molecule has 7 heteroatoms. The molecule has 0 fully saturated rings. The van der Waals surface area contributed by atoms with Gasteiger partial charge >= 0.3 is 7.60 Å². The van der Waals surface area contributed by atoms with Gasteiger partial charge in [0.2, 0.25) is 5.88 Å². The standard InChI is InChI=1S/C8H9F3N2O.ClH/c1-12-6-2-3-13-7(4-6)14-5-8(9,10)11;/h2-4H,5H2,1H3,(H,12,13);1H. The van der Waals surface area contributed by atoms with E-state index >= 15 is 0 Å². The average molecular weight is 243 g/mol. The van der Waals surface area contributed by atoms with Gasteiger partial charge in [-0.3, -0.25) is 0 Å². The number of aromatic nitrogens is 1. The predicted octanol–water partition coefficient (Wildman–Crippen LogP) is -0.819. The molecule has 86 valence electrons. The molecule has 1 N–H and O–H groups in total. The molecule has 0 aliphatic heterocycles. The fraction of sp³-hybridized carbons (Fsp3) is 0.375. The molecular formula is C8H10ClF3N2O. The summed E-state index contributed by atoms with van der Waals surface area (Å²) in [6.07, 6.45) is -2.96. The topological polar surface area (TPSA) is 34.2 Å². The molecule has 1 rings (SSSR count). The summed E-state index contributed by atoms with van der Waals surface area (Å²) in [6, 6.07) is 3.02. The van der Waals surface area contributed by atoms with E-state index in [0.717, 1.165) is 0 Å². The number of rotatable bonds is 3. The van der Waals surface area contributed by atoms with Crippen LogP contribution < -0.4 is 22.5 Å². The molecule has 0 aliphatic carbocycles. The van der Waals surface area contributed by atoms with Crippen molar-refractivity contribution in [2.75, 3.05) is 19.0 Å². The van der Waals surface area contributed by atoms with Crippen LogP contribution in [-0.2, 0) is 0 Å². The van der Waals surface area contributed by atoms with Crippen molar-refractivity contribution >= 4 is 5.69 Å². The molecule has 15 heavy (non-hydrogen) atoms. The monoisotopic (exact) mass is 242 g/mol. The number of ether oxygens (including phenoxy) is 1. The zero-order valence-electron chi connectivity index (χ0n) is 8.81. The lowest BCUT2D eigenvalue weighted by Crippen LogP contribution is -3.00. The lowest BCUT2D eigenvalue weighted by molar-refractivity contribution is -0.154. The molecule has 0 amide bonds. The number of pyridine rings is 1. The molecule has 0 saturated carbocycles. The van der Waals surface area contributed by atoms with E-state index in [0.29, 0.717) is 5.69 Å². The molecule has 0 spiro atoms. The maximum absolute atomic E-state index is 11.8. The molecule has 0 unspecified atom stereocenters. The smallest absolute Gasteiger partial charge is 1.00 e. The molecule has 1 aromatic rings. The summed E-state index contributed by atoms with van der Waals surface area (Å²) in [5.41, 5.74) is 0.650. The number of hydrogen-bond acceptors (Lipinski definition) is 3. The molecule has 1 aromatic heterocycles. The van der Waals surface area contributed by atoms with Gasteiger partial charge in [0.15, 0.2) is 6.61 Å². The molecular weight excluding hydrogens is 233 g/mol. The van der Waals surface area contributed by atoms with Crippen LogP contribution in [0.25, 0.3) is 0 Å². The van der Waals surface area contributed by atoms with Crippen LogP contribution >= 0.6 is 0 Å².